The van der Waals surface area contributed by atoms with Crippen LogP contribution in [0.5, 0.6) is 0 Å². The fraction of sp³-hybridized carbons (Fsp3) is 0.400. The van der Waals surface area contributed by atoms with Gasteiger partial charge in [0.15, 0.2) is 5.82 Å². The summed E-state index contributed by atoms with van der Waals surface area (Å²) in [6, 6.07) is 15.5. The average molecular weight is 406 g/mol. The van der Waals surface area contributed by atoms with E-state index in [4.69, 9.17) is 10.1 Å². The standard InChI is InChI=1S/C25H31N3O2/c1-5-17(3)23-26-24(18(4)6-2)28(27-23)16-20-13-11-19(12-14-20)15-21-9-7-8-10-22(21)25(29)30/h7-14,17-18H,5-6,15-16H2,1-4H3,(H,29,30). The third-order valence-corrected chi connectivity index (χ3v) is 5.82. The molecule has 0 aliphatic rings. The number of hydrogen-bond acceptors (Lipinski definition) is 3. The number of aromatic carboxylic acids is 1. The molecular weight excluding hydrogens is 374 g/mol. The predicted octanol–water partition coefficient (Wildman–Crippen LogP) is 5.64. The number of carboxylic acids is 1. The predicted molar refractivity (Wildman–Crippen MR) is 119 cm³/mol. The van der Waals surface area contributed by atoms with Crippen LogP contribution in [0.3, 0.4) is 0 Å². The van der Waals surface area contributed by atoms with Crippen LogP contribution in [0.1, 0.15) is 91.1 Å². The maximum absolute atomic E-state index is 11.4. The van der Waals surface area contributed by atoms with E-state index in [1.807, 2.05) is 16.8 Å². The third-order valence-electron chi connectivity index (χ3n) is 5.82. The van der Waals surface area contributed by atoms with Crippen molar-refractivity contribution in [1.29, 1.82) is 0 Å². The van der Waals surface area contributed by atoms with E-state index in [0.29, 0.717) is 30.4 Å². The second kappa shape index (κ2) is 9.70. The molecule has 2 aromatic carbocycles. The van der Waals surface area contributed by atoms with E-state index >= 15 is 0 Å². The molecule has 5 heteroatoms. The van der Waals surface area contributed by atoms with Gasteiger partial charge in [-0.1, -0.05) is 70.2 Å². The second-order valence-electron chi connectivity index (χ2n) is 8.06. The summed E-state index contributed by atoms with van der Waals surface area (Å²) < 4.78 is 2.05. The van der Waals surface area contributed by atoms with Gasteiger partial charge in [0, 0.05) is 11.8 Å². The number of carbonyl (C=O) groups is 1. The number of carboxylic acid groups (broad SMARTS) is 1. The molecule has 1 N–H and O–H groups in total. The second-order valence-corrected chi connectivity index (χ2v) is 8.06. The molecule has 2 atom stereocenters. The summed E-state index contributed by atoms with van der Waals surface area (Å²) in [6.07, 6.45) is 2.65. The summed E-state index contributed by atoms with van der Waals surface area (Å²) in [6.45, 7) is 9.40. The summed E-state index contributed by atoms with van der Waals surface area (Å²) in [5.41, 5.74) is 3.44. The van der Waals surface area contributed by atoms with Crippen molar-refractivity contribution in [2.75, 3.05) is 0 Å². The zero-order valence-corrected chi connectivity index (χ0v) is 18.3. The van der Waals surface area contributed by atoms with Crippen molar-refractivity contribution in [3.05, 3.63) is 82.4 Å². The van der Waals surface area contributed by atoms with E-state index in [9.17, 15) is 9.90 Å². The molecule has 0 fully saturated rings. The Bertz CT molecular complexity index is 992. The molecule has 1 aromatic heterocycles. The molecule has 0 aliphatic carbocycles. The van der Waals surface area contributed by atoms with E-state index in [0.717, 1.165) is 41.2 Å². The van der Waals surface area contributed by atoms with Crippen LogP contribution in [-0.2, 0) is 13.0 Å². The van der Waals surface area contributed by atoms with E-state index in [1.54, 1.807) is 12.1 Å². The highest BCUT2D eigenvalue weighted by molar-refractivity contribution is 5.89. The molecule has 5 nitrogen and oxygen atoms in total. The van der Waals surface area contributed by atoms with E-state index in [1.165, 1.54) is 0 Å². The Morgan fingerprint density at radius 2 is 1.60 bits per heavy atom. The highest BCUT2D eigenvalue weighted by Crippen LogP contribution is 2.23. The Labute approximate surface area is 178 Å². The van der Waals surface area contributed by atoms with E-state index in [-0.39, 0.29) is 0 Å². The average Bonchev–Trinajstić information content (AvgIpc) is 3.18. The van der Waals surface area contributed by atoms with Gasteiger partial charge in [-0.15, -0.1) is 0 Å². The van der Waals surface area contributed by atoms with Crippen molar-refractivity contribution in [1.82, 2.24) is 14.8 Å². The van der Waals surface area contributed by atoms with Crippen molar-refractivity contribution in [3.63, 3.8) is 0 Å². The first-order chi connectivity index (χ1) is 14.4. The minimum atomic E-state index is -0.886. The lowest BCUT2D eigenvalue weighted by atomic mass is 9.99. The monoisotopic (exact) mass is 405 g/mol. The van der Waals surface area contributed by atoms with Crippen molar-refractivity contribution >= 4 is 5.97 Å². The largest absolute Gasteiger partial charge is 0.478 e. The molecule has 0 saturated heterocycles. The van der Waals surface area contributed by atoms with Crippen LogP contribution in [0, 0.1) is 0 Å². The van der Waals surface area contributed by atoms with Gasteiger partial charge in [-0.2, -0.15) is 5.10 Å². The SMILES string of the molecule is CCC(C)c1nc(C(C)CC)n(Cc2ccc(Cc3ccccc3C(=O)O)cc2)n1. The van der Waals surface area contributed by atoms with Crippen LogP contribution in [0.4, 0.5) is 0 Å². The molecule has 3 rings (SSSR count). The lowest BCUT2D eigenvalue weighted by Gasteiger charge is -2.11. The first-order valence-corrected chi connectivity index (χ1v) is 10.8. The Morgan fingerprint density at radius 1 is 0.967 bits per heavy atom. The number of benzene rings is 2. The topological polar surface area (TPSA) is 68.0 Å². The van der Waals surface area contributed by atoms with Gasteiger partial charge in [-0.25, -0.2) is 14.5 Å². The maximum Gasteiger partial charge on any atom is 0.335 e. The summed E-state index contributed by atoms with van der Waals surface area (Å²) in [4.78, 5) is 16.3. The number of hydrogen-bond donors (Lipinski definition) is 1. The van der Waals surface area contributed by atoms with Crippen LogP contribution in [0.25, 0.3) is 0 Å². The molecule has 2 unspecified atom stereocenters. The van der Waals surface area contributed by atoms with Crippen molar-refractivity contribution in [2.24, 2.45) is 0 Å². The molecule has 0 radical (unpaired) electrons. The number of nitrogens with zero attached hydrogens (tertiary/aromatic N) is 3. The van der Waals surface area contributed by atoms with Crippen LogP contribution in [0.2, 0.25) is 0 Å². The van der Waals surface area contributed by atoms with Crippen LogP contribution < -0.4 is 0 Å². The molecule has 0 aliphatic heterocycles. The summed E-state index contributed by atoms with van der Waals surface area (Å²) in [5, 5.41) is 14.2. The Kier molecular flexibility index (Phi) is 7.03. The number of rotatable bonds is 9. The summed E-state index contributed by atoms with van der Waals surface area (Å²) in [7, 11) is 0. The molecule has 158 valence electrons. The highest BCUT2D eigenvalue weighted by atomic mass is 16.4. The maximum atomic E-state index is 11.4. The zero-order chi connectivity index (χ0) is 21.7. The Morgan fingerprint density at radius 3 is 2.23 bits per heavy atom. The minimum absolute atomic E-state index is 0.353. The molecule has 0 spiro atoms. The lowest BCUT2D eigenvalue weighted by molar-refractivity contribution is 0.0696. The fourth-order valence-electron chi connectivity index (χ4n) is 3.47. The molecule has 0 bridgehead atoms. The number of aromatic nitrogens is 3. The Hall–Kier alpha value is -2.95. The molecule has 1 heterocycles. The molecule has 3 aromatic rings. The van der Waals surface area contributed by atoms with E-state index < -0.39 is 5.97 Å². The van der Waals surface area contributed by atoms with Gasteiger partial charge in [0.25, 0.3) is 0 Å². The van der Waals surface area contributed by atoms with Crippen LogP contribution in [-0.4, -0.2) is 25.8 Å². The van der Waals surface area contributed by atoms with Crippen molar-refractivity contribution in [3.8, 4) is 0 Å². The normalized spacial score (nSPS) is 13.2. The molecular formula is C25H31N3O2. The van der Waals surface area contributed by atoms with Gasteiger partial charge in [0.05, 0.1) is 12.1 Å². The van der Waals surface area contributed by atoms with Gasteiger partial charge >= 0.3 is 5.97 Å². The first kappa shape index (κ1) is 21.8. The van der Waals surface area contributed by atoms with Gasteiger partial charge in [0.1, 0.15) is 5.82 Å². The first-order valence-electron chi connectivity index (χ1n) is 10.8. The highest BCUT2D eigenvalue weighted by Gasteiger charge is 2.18. The van der Waals surface area contributed by atoms with Gasteiger partial charge in [-0.3, -0.25) is 0 Å². The Balaban J connectivity index is 1.79. The van der Waals surface area contributed by atoms with Crippen molar-refractivity contribution in [2.45, 2.75) is 65.3 Å². The van der Waals surface area contributed by atoms with Crippen molar-refractivity contribution < 1.29 is 9.90 Å². The minimum Gasteiger partial charge on any atom is -0.478 e. The van der Waals surface area contributed by atoms with Crippen LogP contribution in [0.15, 0.2) is 48.5 Å². The molecule has 0 amide bonds. The smallest absolute Gasteiger partial charge is 0.335 e. The molecule has 30 heavy (non-hydrogen) atoms. The van der Waals surface area contributed by atoms with E-state index in [2.05, 4.69) is 52.0 Å². The van der Waals surface area contributed by atoms with Gasteiger partial charge in [-0.05, 0) is 42.0 Å². The third kappa shape index (κ3) is 4.96. The quantitative estimate of drug-likeness (QED) is 0.500. The zero-order valence-electron chi connectivity index (χ0n) is 18.3. The van der Waals surface area contributed by atoms with Gasteiger partial charge in [0.2, 0.25) is 0 Å². The lowest BCUT2D eigenvalue weighted by Crippen LogP contribution is -2.09. The summed E-state index contributed by atoms with van der Waals surface area (Å²) >= 11 is 0. The summed E-state index contributed by atoms with van der Waals surface area (Å²) in [5.74, 6) is 1.80. The molecule has 0 saturated carbocycles. The van der Waals surface area contributed by atoms with Crippen LogP contribution >= 0.6 is 0 Å². The fourth-order valence-corrected chi connectivity index (χ4v) is 3.47. The van der Waals surface area contributed by atoms with Gasteiger partial charge < -0.3 is 5.11 Å².